The molecule has 0 aromatic heterocycles. The molecular weight excluding hydrogens is 358 g/mol. The van der Waals surface area contributed by atoms with Gasteiger partial charge in [-0.15, -0.1) is 12.4 Å². The van der Waals surface area contributed by atoms with E-state index in [1.54, 1.807) is 12.1 Å². The molecule has 1 unspecified atom stereocenters. The van der Waals surface area contributed by atoms with E-state index in [9.17, 15) is 14.4 Å². The fourth-order valence-corrected chi connectivity index (χ4v) is 3.13. The highest BCUT2D eigenvalue weighted by molar-refractivity contribution is 6.22. The number of rotatable bonds is 7. The molecule has 0 spiro atoms. The summed E-state index contributed by atoms with van der Waals surface area (Å²) in [6, 6.07) is 4.65. The first kappa shape index (κ1) is 20.4. The highest BCUT2D eigenvalue weighted by Gasteiger charge is 2.37. The van der Waals surface area contributed by atoms with Gasteiger partial charge in [0.1, 0.15) is 0 Å². The van der Waals surface area contributed by atoms with E-state index in [4.69, 9.17) is 4.74 Å². The summed E-state index contributed by atoms with van der Waals surface area (Å²) < 4.78 is 5.52. The molecule has 8 heteroatoms. The molecule has 0 saturated carbocycles. The molecular formula is C18H24ClN3O4. The van der Waals surface area contributed by atoms with Crippen molar-refractivity contribution >= 4 is 30.1 Å². The minimum absolute atomic E-state index is 0. The Morgan fingerprint density at radius 2 is 2.00 bits per heavy atom. The lowest BCUT2D eigenvalue weighted by Gasteiger charge is -2.17. The van der Waals surface area contributed by atoms with Gasteiger partial charge in [-0.2, -0.15) is 0 Å². The van der Waals surface area contributed by atoms with E-state index in [-0.39, 0.29) is 42.8 Å². The number of fused-ring (bicyclic) bond motifs is 1. The van der Waals surface area contributed by atoms with E-state index in [0.29, 0.717) is 36.4 Å². The van der Waals surface area contributed by atoms with Gasteiger partial charge in [-0.25, -0.2) is 0 Å². The Kier molecular flexibility index (Phi) is 7.14. The number of hydrogen-bond acceptors (Lipinski definition) is 5. The van der Waals surface area contributed by atoms with Crippen LogP contribution in [-0.2, 0) is 4.74 Å². The van der Waals surface area contributed by atoms with Crippen molar-refractivity contribution in [2.75, 3.05) is 32.8 Å². The van der Waals surface area contributed by atoms with Gasteiger partial charge in [0.25, 0.3) is 17.7 Å². The van der Waals surface area contributed by atoms with Gasteiger partial charge < -0.3 is 15.4 Å². The summed E-state index contributed by atoms with van der Waals surface area (Å²) in [6.07, 6.45) is 1.72. The van der Waals surface area contributed by atoms with Crippen LogP contribution in [0, 0.1) is 0 Å². The fraction of sp³-hybridized carbons (Fsp3) is 0.500. The summed E-state index contributed by atoms with van der Waals surface area (Å²) >= 11 is 0. The molecule has 2 aliphatic rings. The number of halogens is 1. The van der Waals surface area contributed by atoms with E-state index in [1.165, 1.54) is 11.0 Å². The number of likely N-dealkylation sites (N-methyl/N-ethyl adjacent to an activating group) is 1. The molecule has 2 aliphatic heterocycles. The van der Waals surface area contributed by atoms with Gasteiger partial charge >= 0.3 is 0 Å². The molecule has 2 heterocycles. The quantitative estimate of drug-likeness (QED) is 0.547. The zero-order valence-electron chi connectivity index (χ0n) is 14.7. The maximum atomic E-state index is 12.6. The third kappa shape index (κ3) is 4.23. The lowest BCUT2D eigenvalue weighted by Crippen LogP contribution is -2.36. The molecule has 0 bridgehead atoms. The van der Waals surface area contributed by atoms with Crippen LogP contribution in [0.4, 0.5) is 0 Å². The third-order valence-corrected chi connectivity index (χ3v) is 4.48. The summed E-state index contributed by atoms with van der Waals surface area (Å²) in [4.78, 5) is 38.5. The maximum Gasteiger partial charge on any atom is 0.261 e. The molecule has 142 valence electrons. The summed E-state index contributed by atoms with van der Waals surface area (Å²) in [7, 11) is 0. The summed E-state index contributed by atoms with van der Waals surface area (Å²) in [6.45, 7) is 4.96. The van der Waals surface area contributed by atoms with Crippen molar-refractivity contribution in [2.45, 2.75) is 25.9 Å². The fourth-order valence-electron chi connectivity index (χ4n) is 3.13. The number of benzene rings is 1. The predicted octanol–water partition coefficient (Wildman–Crippen LogP) is 1.22. The van der Waals surface area contributed by atoms with Crippen LogP contribution in [0.25, 0.3) is 0 Å². The van der Waals surface area contributed by atoms with Crippen molar-refractivity contribution in [1.82, 2.24) is 15.5 Å². The molecule has 1 aromatic rings. The third-order valence-electron chi connectivity index (χ3n) is 4.48. The smallest absolute Gasteiger partial charge is 0.261 e. The van der Waals surface area contributed by atoms with Gasteiger partial charge in [-0.05, 0) is 37.6 Å². The van der Waals surface area contributed by atoms with Crippen LogP contribution in [0.1, 0.15) is 50.8 Å². The van der Waals surface area contributed by atoms with Crippen molar-refractivity contribution in [1.29, 1.82) is 0 Å². The average molecular weight is 382 g/mol. The molecule has 0 aliphatic carbocycles. The molecule has 3 rings (SSSR count). The Morgan fingerprint density at radius 1 is 1.23 bits per heavy atom. The molecule has 1 aromatic carbocycles. The number of carbonyl (C=O) groups excluding carboxylic acids is 3. The van der Waals surface area contributed by atoms with Crippen molar-refractivity contribution in [3.8, 4) is 0 Å². The Balaban J connectivity index is 0.00000243. The number of carbonyl (C=O) groups is 3. The second-order valence-corrected chi connectivity index (χ2v) is 6.23. The van der Waals surface area contributed by atoms with Crippen LogP contribution < -0.4 is 10.6 Å². The minimum Gasteiger partial charge on any atom is -0.376 e. The van der Waals surface area contributed by atoms with Crippen molar-refractivity contribution in [3.63, 3.8) is 0 Å². The van der Waals surface area contributed by atoms with Gasteiger partial charge in [0.05, 0.1) is 23.8 Å². The largest absolute Gasteiger partial charge is 0.376 e. The van der Waals surface area contributed by atoms with Crippen LogP contribution in [0.3, 0.4) is 0 Å². The zero-order valence-corrected chi connectivity index (χ0v) is 15.6. The Hall–Kier alpha value is -1.96. The lowest BCUT2D eigenvalue weighted by atomic mass is 10.1. The molecule has 2 N–H and O–H groups in total. The van der Waals surface area contributed by atoms with Gasteiger partial charge in [0.2, 0.25) is 0 Å². The second kappa shape index (κ2) is 9.12. The second-order valence-electron chi connectivity index (χ2n) is 6.23. The highest BCUT2D eigenvalue weighted by atomic mass is 35.5. The standard InChI is InChI=1S/C18H23N3O4.ClH/c1-2-19-7-8-20-16(22)12-5-6-14-15(10-12)18(24)21(17(14)23)11-13-4-3-9-25-13;/h5-6,10,13,19H,2-4,7-9,11H2,1H3,(H,20,22);1H. The zero-order chi connectivity index (χ0) is 17.8. The molecule has 1 fully saturated rings. The van der Waals surface area contributed by atoms with E-state index in [0.717, 1.165) is 19.4 Å². The number of ether oxygens (including phenoxy) is 1. The number of nitrogens with one attached hydrogen (secondary N) is 2. The topological polar surface area (TPSA) is 87.7 Å². The molecule has 3 amide bonds. The van der Waals surface area contributed by atoms with Crippen LogP contribution in [0.15, 0.2) is 18.2 Å². The Bertz CT molecular complexity index is 689. The van der Waals surface area contributed by atoms with E-state index < -0.39 is 0 Å². The first-order chi connectivity index (χ1) is 12.1. The van der Waals surface area contributed by atoms with E-state index in [1.807, 2.05) is 6.92 Å². The Labute approximate surface area is 158 Å². The average Bonchev–Trinajstić information content (AvgIpc) is 3.21. The first-order valence-corrected chi connectivity index (χ1v) is 8.72. The van der Waals surface area contributed by atoms with Crippen LogP contribution in [0.5, 0.6) is 0 Å². The normalized spacial score (nSPS) is 18.7. The summed E-state index contributed by atoms with van der Waals surface area (Å²) in [5, 5.41) is 5.91. The number of nitrogens with zero attached hydrogens (tertiary/aromatic N) is 1. The molecule has 1 atom stereocenters. The van der Waals surface area contributed by atoms with Gasteiger partial charge in [0, 0.05) is 25.3 Å². The first-order valence-electron chi connectivity index (χ1n) is 8.72. The Morgan fingerprint density at radius 3 is 2.69 bits per heavy atom. The monoisotopic (exact) mass is 381 g/mol. The highest BCUT2D eigenvalue weighted by Crippen LogP contribution is 2.26. The van der Waals surface area contributed by atoms with E-state index >= 15 is 0 Å². The number of hydrogen-bond donors (Lipinski definition) is 2. The molecule has 26 heavy (non-hydrogen) atoms. The van der Waals surface area contributed by atoms with Crippen LogP contribution in [0.2, 0.25) is 0 Å². The number of amides is 3. The SMILES string of the molecule is CCNCCNC(=O)c1ccc2c(c1)C(=O)N(CC1CCCO1)C2=O.Cl. The minimum atomic E-state index is -0.349. The van der Waals surface area contributed by atoms with Gasteiger partial charge in [0.15, 0.2) is 0 Å². The van der Waals surface area contributed by atoms with Gasteiger partial charge in [-0.1, -0.05) is 6.92 Å². The van der Waals surface area contributed by atoms with Gasteiger partial charge in [-0.3, -0.25) is 19.3 Å². The van der Waals surface area contributed by atoms with Crippen LogP contribution >= 0.6 is 12.4 Å². The maximum absolute atomic E-state index is 12.6. The molecule has 7 nitrogen and oxygen atoms in total. The van der Waals surface area contributed by atoms with E-state index in [2.05, 4.69) is 10.6 Å². The van der Waals surface area contributed by atoms with Crippen LogP contribution in [-0.4, -0.2) is 61.5 Å². The predicted molar refractivity (Wildman–Crippen MR) is 98.9 cm³/mol. The van der Waals surface area contributed by atoms with Crippen molar-refractivity contribution in [2.24, 2.45) is 0 Å². The summed E-state index contributed by atoms with van der Waals surface area (Å²) in [5.74, 6) is -0.911. The molecule has 0 radical (unpaired) electrons. The number of imide groups is 1. The van der Waals surface area contributed by atoms with Crippen molar-refractivity contribution in [3.05, 3.63) is 34.9 Å². The lowest BCUT2D eigenvalue weighted by molar-refractivity contribution is 0.0475. The molecule has 1 saturated heterocycles. The summed E-state index contributed by atoms with van der Waals surface area (Å²) in [5.41, 5.74) is 1.03. The van der Waals surface area contributed by atoms with Crippen molar-refractivity contribution < 1.29 is 19.1 Å².